The summed E-state index contributed by atoms with van der Waals surface area (Å²) in [5.41, 5.74) is 1.92. The number of nitriles is 1. The van der Waals surface area contributed by atoms with Gasteiger partial charge in [-0.1, -0.05) is 6.92 Å². The second-order valence-corrected chi connectivity index (χ2v) is 3.70. The molecular weight excluding hydrogens is 184 g/mol. The molecule has 1 aromatic carbocycles. The van der Waals surface area contributed by atoms with Crippen molar-refractivity contribution in [3.05, 3.63) is 29.8 Å². The van der Waals surface area contributed by atoms with Gasteiger partial charge in [0.2, 0.25) is 0 Å². The number of hydrogen-bond donors (Lipinski definition) is 0. The van der Waals surface area contributed by atoms with E-state index in [4.69, 9.17) is 5.26 Å². The number of rotatable bonds is 4. The van der Waals surface area contributed by atoms with Gasteiger partial charge in [0.1, 0.15) is 0 Å². The molecule has 1 unspecified atom stereocenters. The second kappa shape index (κ2) is 5.41. The Labute approximate surface area is 92.1 Å². The van der Waals surface area contributed by atoms with Gasteiger partial charge in [0.05, 0.1) is 11.6 Å². The summed E-state index contributed by atoms with van der Waals surface area (Å²) in [5, 5.41) is 8.72. The molecule has 0 radical (unpaired) electrons. The molecule has 0 heterocycles. The van der Waals surface area contributed by atoms with Gasteiger partial charge in [0.25, 0.3) is 0 Å². The summed E-state index contributed by atoms with van der Waals surface area (Å²) in [7, 11) is 0. The Hall–Kier alpha value is -1.49. The van der Waals surface area contributed by atoms with Crippen molar-refractivity contribution in [2.75, 3.05) is 11.4 Å². The number of hydrogen-bond acceptors (Lipinski definition) is 2. The van der Waals surface area contributed by atoms with Gasteiger partial charge in [-0.05, 0) is 44.5 Å². The fraction of sp³-hybridized carbons (Fsp3) is 0.462. The van der Waals surface area contributed by atoms with Crippen molar-refractivity contribution in [2.24, 2.45) is 0 Å². The topological polar surface area (TPSA) is 27.0 Å². The van der Waals surface area contributed by atoms with Gasteiger partial charge in [-0.3, -0.25) is 0 Å². The molecule has 2 heteroatoms. The SMILES string of the molecule is CCC(C)N(CC)c1ccc(C#N)cc1. The Balaban J connectivity index is 2.89. The van der Waals surface area contributed by atoms with Crippen molar-refractivity contribution < 1.29 is 0 Å². The average Bonchev–Trinajstić information content (AvgIpc) is 2.30. The molecule has 0 N–H and O–H groups in total. The van der Waals surface area contributed by atoms with Crippen molar-refractivity contribution in [1.82, 2.24) is 0 Å². The first-order valence-corrected chi connectivity index (χ1v) is 5.49. The van der Waals surface area contributed by atoms with Crippen molar-refractivity contribution >= 4 is 5.69 Å². The molecule has 0 aliphatic carbocycles. The minimum absolute atomic E-state index is 0.544. The molecule has 0 aliphatic heterocycles. The summed E-state index contributed by atoms with van der Waals surface area (Å²) in [6.45, 7) is 7.57. The molecule has 1 aromatic rings. The fourth-order valence-corrected chi connectivity index (χ4v) is 1.70. The zero-order chi connectivity index (χ0) is 11.3. The zero-order valence-corrected chi connectivity index (χ0v) is 9.70. The quantitative estimate of drug-likeness (QED) is 0.749. The Morgan fingerprint density at radius 3 is 2.27 bits per heavy atom. The van der Waals surface area contributed by atoms with E-state index in [9.17, 15) is 0 Å². The van der Waals surface area contributed by atoms with Gasteiger partial charge < -0.3 is 4.90 Å². The lowest BCUT2D eigenvalue weighted by molar-refractivity contribution is 0.630. The summed E-state index contributed by atoms with van der Waals surface area (Å²) >= 11 is 0. The molecule has 0 fully saturated rings. The first-order chi connectivity index (χ1) is 7.22. The van der Waals surface area contributed by atoms with Crippen LogP contribution >= 0.6 is 0 Å². The van der Waals surface area contributed by atoms with Crippen LogP contribution < -0.4 is 4.90 Å². The maximum atomic E-state index is 8.72. The monoisotopic (exact) mass is 202 g/mol. The number of nitrogens with zero attached hydrogens (tertiary/aromatic N) is 2. The van der Waals surface area contributed by atoms with Crippen LogP contribution in [0.1, 0.15) is 32.8 Å². The summed E-state index contributed by atoms with van der Waals surface area (Å²) in [6, 6.07) is 10.5. The van der Waals surface area contributed by atoms with Gasteiger partial charge in [0.15, 0.2) is 0 Å². The summed E-state index contributed by atoms with van der Waals surface area (Å²) in [6.07, 6.45) is 1.13. The van der Waals surface area contributed by atoms with Gasteiger partial charge in [0, 0.05) is 18.3 Å². The van der Waals surface area contributed by atoms with Gasteiger partial charge in [-0.25, -0.2) is 0 Å². The largest absolute Gasteiger partial charge is 0.369 e. The lowest BCUT2D eigenvalue weighted by atomic mass is 10.1. The lowest BCUT2D eigenvalue weighted by Crippen LogP contribution is -2.32. The lowest BCUT2D eigenvalue weighted by Gasteiger charge is -2.29. The van der Waals surface area contributed by atoms with E-state index >= 15 is 0 Å². The predicted molar refractivity (Wildman–Crippen MR) is 63.9 cm³/mol. The molecule has 1 atom stereocenters. The van der Waals surface area contributed by atoms with E-state index in [1.54, 1.807) is 0 Å². The maximum absolute atomic E-state index is 8.72. The molecule has 0 spiro atoms. The van der Waals surface area contributed by atoms with Crippen LogP contribution in [0, 0.1) is 11.3 Å². The minimum atomic E-state index is 0.544. The summed E-state index contributed by atoms with van der Waals surface area (Å²) in [4.78, 5) is 2.35. The van der Waals surface area contributed by atoms with Crippen molar-refractivity contribution in [2.45, 2.75) is 33.2 Å². The Kier molecular flexibility index (Phi) is 4.17. The molecule has 2 nitrogen and oxygen atoms in total. The normalized spacial score (nSPS) is 11.9. The Morgan fingerprint density at radius 1 is 1.27 bits per heavy atom. The molecule has 0 amide bonds. The molecule has 80 valence electrons. The van der Waals surface area contributed by atoms with Crippen LogP contribution in [0.2, 0.25) is 0 Å². The van der Waals surface area contributed by atoms with E-state index in [0.717, 1.165) is 18.5 Å². The number of benzene rings is 1. The summed E-state index contributed by atoms with van der Waals surface area (Å²) in [5.74, 6) is 0. The molecule has 0 bridgehead atoms. The Bertz CT molecular complexity index is 335. The van der Waals surface area contributed by atoms with Crippen LogP contribution in [0.15, 0.2) is 24.3 Å². The molecule has 15 heavy (non-hydrogen) atoms. The highest BCUT2D eigenvalue weighted by Gasteiger charge is 2.10. The molecule has 0 saturated heterocycles. The van der Waals surface area contributed by atoms with Crippen LogP contribution in [-0.4, -0.2) is 12.6 Å². The van der Waals surface area contributed by atoms with Crippen molar-refractivity contribution in [3.63, 3.8) is 0 Å². The third-order valence-corrected chi connectivity index (χ3v) is 2.79. The van der Waals surface area contributed by atoms with E-state index < -0.39 is 0 Å². The third kappa shape index (κ3) is 2.73. The predicted octanol–water partition coefficient (Wildman–Crippen LogP) is 3.18. The highest BCUT2D eigenvalue weighted by molar-refractivity contribution is 5.50. The van der Waals surface area contributed by atoms with Crippen LogP contribution in [0.4, 0.5) is 5.69 Å². The van der Waals surface area contributed by atoms with Crippen molar-refractivity contribution in [1.29, 1.82) is 5.26 Å². The number of anilines is 1. The molecule has 1 rings (SSSR count). The molecular formula is C13H18N2. The van der Waals surface area contributed by atoms with E-state index in [1.165, 1.54) is 5.69 Å². The summed E-state index contributed by atoms with van der Waals surface area (Å²) < 4.78 is 0. The first-order valence-electron chi connectivity index (χ1n) is 5.49. The smallest absolute Gasteiger partial charge is 0.0991 e. The molecule has 0 saturated carbocycles. The van der Waals surface area contributed by atoms with Crippen LogP contribution in [-0.2, 0) is 0 Å². The van der Waals surface area contributed by atoms with Gasteiger partial charge in [-0.2, -0.15) is 5.26 Å². The van der Waals surface area contributed by atoms with E-state index in [0.29, 0.717) is 6.04 Å². The minimum Gasteiger partial charge on any atom is -0.369 e. The second-order valence-electron chi connectivity index (χ2n) is 3.70. The van der Waals surface area contributed by atoms with Crippen LogP contribution in [0.3, 0.4) is 0 Å². The third-order valence-electron chi connectivity index (χ3n) is 2.79. The highest BCUT2D eigenvalue weighted by atomic mass is 15.1. The molecule has 0 aromatic heterocycles. The molecule has 0 aliphatic rings. The highest BCUT2D eigenvalue weighted by Crippen LogP contribution is 2.18. The van der Waals surface area contributed by atoms with Crippen LogP contribution in [0.5, 0.6) is 0 Å². The van der Waals surface area contributed by atoms with E-state index in [2.05, 4.69) is 31.7 Å². The van der Waals surface area contributed by atoms with E-state index in [-0.39, 0.29) is 0 Å². The van der Waals surface area contributed by atoms with Crippen molar-refractivity contribution in [3.8, 4) is 6.07 Å². The van der Waals surface area contributed by atoms with Gasteiger partial charge >= 0.3 is 0 Å². The first kappa shape index (κ1) is 11.6. The van der Waals surface area contributed by atoms with Crippen LogP contribution in [0.25, 0.3) is 0 Å². The van der Waals surface area contributed by atoms with E-state index in [1.807, 2.05) is 24.3 Å². The van der Waals surface area contributed by atoms with Gasteiger partial charge in [-0.15, -0.1) is 0 Å². The average molecular weight is 202 g/mol. The zero-order valence-electron chi connectivity index (χ0n) is 9.70. The standard InChI is InChI=1S/C13H18N2/c1-4-11(3)15(5-2)13-8-6-12(10-14)7-9-13/h6-9,11H,4-5H2,1-3H3. The fourth-order valence-electron chi connectivity index (χ4n) is 1.70. The maximum Gasteiger partial charge on any atom is 0.0991 e. The Morgan fingerprint density at radius 2 is 1.87 bits per heavy atom.